The van der Waals surface area contributed by atoms with Crippen molar-refractivity contribution in [1.82, 2.24) is 9.29 Å². The minimum atomic E-state index is -3.71. The maximum absolute atomic E-state index is 13.2. The van der Waals surface area contributed by atoms with E-state index in [1.165, 1.54) is 16.4 Å². The molecule has 8 heteroatoms. The summed E-state index contributed by atoms with van der Waals surface area (Å²) in [5.74, 6) is -1.05. The molecule has 1 aliphatic heterocycles. The van der Waals surface area contributed by atoms with Crippen molar-refractivity contribution in [2.45, 2.75) is 23.7 Å². The Morgan fingerprint density at radius 1 is 1.06 bits per heavy atom. The van der Waals surface area contributed by atoms with Gasteiger partial charge in [0.15, 0.2) is 0 Å². The van der Waals surface area contributed by atoms with Crippen LogP contribution in [0.4, 0.5) is 4.39 Å². The third kappa shape index (κ3) is 4.50. The van der Waals surface area contributed by atoms with Gasteiger partial charge in [0.05, 0.1) is 10.6 Å². The molecule has 0 saturated carbocycles. The number of carbonyl (C=O) groups excluding carboxylic acids is 1. The van der Waals surface area contributed by atoms with Crippen molar-refractivity contribution in [2.24, 2.45) is 5.73 Å². The van der Waals surface area contributed by atoms with E-state index >= 15 is 0 Å². The van der Waals surface area contributed by atoms with E-state index in [1.54, 1.807) is 18.2 Å². The summed E-state index contributed by atoms with van der Waals surface area (Å²) < 4.78 is 40.7. The van der Waals surface area contributed by atoms with E-state index in [-0.39, 0.29) is 10.8 Å². The lowest BCUT2D eigenvalue weighted by molar-refractivity contribution is 0.100. The van der Waals surface area contributed by atoms with Gasteiger partial charge in [0.2, 0.25) is 15.9 Å². The Labute approximate surface area is 180 Å². The molecule has 1 aliphatic rings. The van der Waals surface area contributed by atoms with E-state index in [0.29, 0.717) is 30.8 Å². The molecule has 3 aromatic rings. The molecule has 0 radical (unpaired) electrons. The second-order valence-electron chi connectivity index (χ2n) is 7.55. The van der Waals surface area contributed by atoms with Gasteiger partial charge in [-0.25, -0.2) is 12.8 Å². The summed E-state index contributed by atoms with van der Waals surface area (Å²) in [7, 11) is -3.71. The number of primary amides is 1. The molecule has 0 aliphatic carbocycles. The molecule has 1 atom stereocenters. The van der Waals surface area contributed by atoms with Crippen LogP contribution in [0.5, 0.6) is 0 Å². The number of nitrogens with two attached hydrogens (primary N) is 1. The van der Waals surface area contributed by atoms with E-state index in [0.717, 1.165) is 29.8 Å². The molecule has 6 nitrogen and oxygen atoms in total. The average molecular weight is 440 g/mol. The molecule has 0 spiro atoms. The molecule has 2 heterocycles. The Hall–Kier alpha value is -3.10. The lowest BCUT2D eigenvalue weighted by atomic mass is 9.95. The highest BCUT2D eigenvalue weighted by atomic mass is 32.2. The van der Waals surface area contributed by atoms with Gasteiger partial charge in [-0.15, -0.1) is 0 Å². The van der Waals surface area contributed by atoms with Crippen molar-refractivity contribution in [3.05, 3.63) is 83.8 Å². The van der Waals surface area contributed by atoms with Crippen molar-refractivity contribution >= 4 is 15.9 Å². The monoisotopic (exact) mass is 439 g/mol. The van der Waals surface area contributed by atoms with Crippen LogP contribution in [0.3, 0.4) is 0 Å². The van der Waals surface area contributed by atoms with Crippen LogP contribution in [0.2, 0.25) is 0 Å². The predicted molar refractivity (Wildman–Crippen MR) is 115 cm³/mol. The predicted octanol–water partition coefficient (Wildman–Crippen LogP) is 3.55. The lowest BCUT2D eigenvalue weighted by Gasteiger charge is -2.31. The number of sulfonamides is 1. The fourth-order valence-corrected chi connectivity index (χ4v) is 5.35. The number of carbonyl (C=O) groups is 1. The number of hydrogen-bond acceptors (Lipinski definition) is 4. The Bertz CT molecular complexity index is 1210. The first kappa shape index (κ1) is 21.1. The van der Waals surface area contributed by atoms with Gasteiger partial charge in [-0.05, 0) is 61.4 Å². The van der Waals surface area contributed by atoms with Crippen LogP contribution in [0.1, 0.15) is 34.8 Å². The largest absolute Gasteiger partial charge is 0.366 e. The van der Waals surface area contributed by atoms with Crippen molar-refractivity contribution in [1.29, 1.82) is 0 Å². The fraction of sp³-hybridized carbons (Fsp3) is 0.217. The van der Waals surface area contributed by atoms with Crippen molar-refractivity contribution in [3.63, 3.8) is 0 Å². The number of piperidine rings is 1. The van der Waals surface area contributed by atoms with Crippen LogP contribution < -0.4 is 5.73 Å². The van der Waals surface area contributed by atoms with E-state index < -0.39 is 21.7 Å². The number of halogens is 1. The smallest absolute Gasteiger partial charge is 0.248 e. The third-order valence-corrected chi connectivity index (χ3v) is 7.35. The quantitative estimate of drug-likeness (QED) is 0.658. The number of nitrogens with zero attached hydrogens (tertiary/aromatic N) is 2. The first-order chi connectivity index (χ1) is 14.8. The van der Waals surface area contributed by atoms with Gasteiger partial charge < -0.3 is 5.73 Å². The minimum Gasteiger partial charge on any atom is -0.366 e. The zero-order valence-corrected chi connectivity index (χ0v) is 17.6. The van der Waals surface area contributed by atoms with Crippen LogP contribution in [-0.4, -0.2) is 36.7 Å². The second-order valence-corrected chi connectivity index (χ2v) is 9.49. The van der Waals surface area contributed by atoms with Gasteiger partial charge in [-0.1, -0.05) is 18.2 Å². The number of rotatable bonds is 5. The molecule has 0 bridgehead atoms. The van der Waals surface area contributed by atoms with E-state index in [4.69, 9.17) is 10.7 Å². The van der Waals surface area contributed by atoms with E-state index in [1.807, 2.05) is 24.3 Å². The van der Waals surface area contributed by atoms with Crippen molar-refractivity contribution in [3.8, 4) is 11.3 Å². The molecule has 0 unspecified atom stereocenters. The summed E-state index contributed by atoms with van der Waals surface area (Å²) in [4.78, 5) is 16.3. The molecule has 2 N–H and O–H groups in total. The van der Waals surface area contributed by atoms with Gasteiger partial charge in [0.1, 0.15) is 5.82 Å². The molecule has 1 saturated heterocycles. The zero-order chi connectivity index (χ0) is 22.0. The number of pyridine rings is 1. The van der Waals surface area contributed by atoms with Crippen LogP contribution in [0.15, 0.2) is 71.6 Å². The molecule has 1 fully saturated rings. The first-order valence-electron chi connectivity index (χ1n) is 9.97. The number of amides is 1. The van der Waals surface area contributed by atoms with E-state index in [2.05, 4.69) is 0 Å². The molecule has 31 heavy (non-hydrogen) atoms. The highest BCUT2D eigenvalue weighted by Crippen LogP contribution is 2.31. The summed E-state index contributed by atoms with van der Waals surface area (Å²) in [5.41, 5.74) is 8.03. The minimum absolute atomic E-state index is 0.0664. The molecule has 160 valence electrons. The molecular formula is C23H22FN3O3S. The van der Waals surface area contributed by atoms with Gasteiger partial charge >= 0.3 is 0 Å². The highest BCUT2D eigenvalue weighted by molar-refractivity contribution is 7.89. The Balaban J connectivity index is 1.59. The summed E-state index contributed by atoms with van der Waals surface area (Å²) in [6.45, 7) is 0.716. The van der Waals surface area contributed by atoms with Crippen LogP contribution >= 0.6 is 0 Å². The van der Waals surface area contributed by atoms with Crippen LogP contribution in [0.25, 0.3) is 11.3 Å². The lowest BCUT2D eigenvalue weighted by Crippen LogP contribution is -2.39. The standard InChI is InChI=1S/C23H22FN3O3S/c24-19-9-11-20(12-10-19)31(29,30)27-13-3-6-18(15-27)22-8-2-7-21(26-22)16-4-1-5-17(14-16)23(25)28/h1-2,4-5,7-12,14,18H,3,6,13,15H2,(H2,25,28)/t18-/m1/s1. The third-order valence-electron chi connectivity index (χ3n) is 5.47. The topological polar surface area (TPSA) is 93.4 Å². The molecule has 1 aromatic heterocycles. The Morgan fingerprint density at radius 3 is 2.55 bits per heavy atom. The zero-order valence-electron chi connectivity index (χ0n) is 16.7. The SMILES string of the molecule is NC(=O)c1cccc(-c2cccc([C@@H]3CCCN(S(=O)(=O)c4ccc(F)cc4)C3)n2)c1. The maximum atomic E-state index is 13.2. The number of benzene rings is 2. The first-order valence-corrected chi connectivity index (χ1v) is 11.4. The van der Waals surface area contributed by atoms with Crippen LogP contribution in [0, 0.1) is 5.82 Å². The van der Waals surface area contributed by atoms with Gasteiger partial charge in [0.25, 0.3) is 0 Å². The number of hydrogen-bond donors (Lipinski definition) is 1. The fourth-order valence-electron chi connectivity index (χ4n) is 3.83. The Morgan fingerprint density at radius 2 is 1.81 bits per heavy atom. The summed E-state index contributed by atoms with van der Waals surface area (Å²) in [5, 5.41) is 0. The number of aromatic nitrogens is 1. The molecule has 4 rings (SSSR count). The summed E-state index contributed by atoms with van der Waals surface area (Å²) in [6.07, 6.45) is 1.52. The average Bonchev–Trinajstić information content (AvgIpc) is 2.79. The van der Waals surface area contributed by atoms with E-state index in [9.17, 15) is 17.6 Å². The molecule has 1 amide bonds. The summed E-state index contributed by atoms with van der Waals surface area (Å²) in [6, 6.07) is 17.4. The van der Waals surface area contributed by atoms with Gasteiger partial charge in [0, 0.05) is 35.8 Å². The van der Waals surface area contributed by atoms with Crippen LogP contribution in [-0.2, 0) is 10.0 Å². The normalized spacial score (nSPS) is 17.4. The second kappa shape index (κ2) is 8.56. The Kier molecular flexibility index (Phi) is 5.84. The molecule has 2 aromatic carbocycles. The van der Waals surface area contributed by atoms with Crippen molar-refractivity contribution < 1.29 is 17.6 Å². The van der Waals surface area contributed by atoms with Crippen molar-refractivity contribution in [2.75, 3.05) is 13.1 Å². The van der Waals surface area contributed by atoms with Gasteiger partial charge in [-0.2, -0.15) is 4.31 Å². The molecular weight excluding hydrogens is 417 g/mol. The highest BCUT2D eigenvalue weighted by Gasteiger charge is 2.31. The maximum Gasteiger partial charge on any atom is 0.248 e. The summed E-state index contributed by atoms with van der Waals surface area (Å²) >= 11 is 0. The van der Waals surface area contributed by atoms with Gasteiger partial charge in [-0.3, -0.25) is 9.78 Å².